The van der Waals surface area contributed by atoms with Gasteiger partial charge < -0.3 is 4.74 Å². The van der Waals surface area contributed by atoms with Crippen LogP contribution in [0.1, 0.15) is 43.7 Å². The maximum absolute atomic E-state index is 9.04. The average Bonchev–Trinajstić information content (AvgIpc) is 3.01. The second-order valence-corrected chi connectivity index (χ2v) is 4.33. The quantitative estimate of drug-likeness (QED) is 0.752. The Labute approximate surface area is 90.5 Å². The van der Waals surface area contributed by atoms with E-state index in [1.807, 2.05) is 18.2 Å². The lowest BCUT2D eigenvalue weighted by molar-refractivity contribution is 0.303. The second kappa shape index (κ2) is 3.94. The normalized spacial score (nSPS) is 15.1. The molecule has 1 saturated carbocycles. The molecule has 0 radical (unpaired) electrons. The van der Waals surface area contributed by atoms with Gasteiger partial charge in [-0.3, -0.25) is 0 Å². The molecule has 2 nitrogen and oxygen atoms in total. The highest BCUT2D eigenvalue weighted by Gasteiger charge is 2.23. The number of hydrogen-bond acceptors (Lipinski definition) is 2. The van der Waals surface area contributed by atoms with E-state index in [0.717, 1.165) is 29.7 Å². The van der Waals surface area contributed by atoms with Crippen LogP contribution in [0, 0.1) is 11.3 Å². The molecule has 0 saturated heterocycles. The Hall–Kier alpha value is -1.49. The predicted molar refractivity (Wildman–Crippen MR) is 58.9 cm³/mol. The van der Waals surface area contributed by atoms with E-state index >= 15 is 0 Å². The molecule has 0 amide bonds. The highest BCUT2D eigenvalue weighted by atomic mass is 16.5. The maximum atomic E-state index is 9.04. The highest BCUT2D eigenvalue weighted by Crippen LogP contribution is 2.29. The molecule has 1 aliphatic rings. The average molecular weight is 201 g/mol. The lowest BCUT2D eigenvalue weighted by Crippen LogP contribution is -1.98. The molecule has 0 bridgehead atoms. The molecule has 0 spiro atoms. The Morgan fingerprint density at radius 3 is 2.67 bits per heavy atom. The van der Waals surface area contributed by atoms with Crippen molar-refractivity contribution < 1.29 is 4.74 Å². The van der Waals surface area contributed by atoms with E-state index < -0.39 is 0 Å². The molecule has 78 valence electrons. The van der Waals surface area contributed by atoms with Crippen molar-refractivity contribution in [3.05, 3.63) is 29.3 Å². The molecule has 15 heavy (non-hydrogen) atoms. The van der Waals surface area contributed by atoms with Gasteiger partial charge in [-0.15, -0.1) is 0 Å². The highest BCUT2D eigenvalue weighted by molar-refractivity contribution is 5.44. The number of ether oxygens (including phenoxy) is 1. The molecule has 0 heterocycles. The molecular formula is C13H15NO. The van der Waals surface area contributed by atoms with Crippen LogP contribution in [0.2, 0.25) is 0 Å². The topological polar surface area (TPSA) is 33.0 Å². The fourth-order valence-electron chi connectivity index (χ4n) is 1.59. The summed E-state index contributed by atoms with van der Waals surface area (Å²) in [5.74, 6) is 1.22. The minimum Gasteiger partial charge on any atom is -0.490 e. The van der Waals surface area contributed by atoms with Gasteiger partial charge in [0.2, 0.25) is 0 Å². The number of nitrogens with zero attached hydrogens (tertiary/aromatic N) is 1. The zero-order valence-corrected chi connectivity index (χ0v) is 9.16. The third-order valence-corrected chi connectivity index (χ3v) is 2.59. The van der Waals surface area contributed by atoms with Crippen molar-refractivity contribution in [1.82, 2.24) is 0 Å². The van der Waals surface area contributed by atoms with Crippen molar-refractivity contribution >= 4 is 0 Å². The summed E-state index contributed by atoms with van der Waals surface area (Å²) in [7, 11) is 0. The van der Waals surface area contributed by atoms with Gasteiger partial charge in [-0.1, -0.05) is 19.9 Å². The summed E-state index contributed by atoms with van der Waals surface area (Å²) < 4.78 is 5.65. The van der Waals surface area contributed by atoms with Crippen LogP contribution in [-0.2, 0) is 0 Å². The Kier molecular flexibility index (Phi) is 2.64. The molecular weight excluding hydrogens is 186 g/mol. The van der Waals surface area contributed by atoms with Crippen LogP contribution < -0.4 is 4.74 Å². The van der Waals surface area contributed by atoms with Gasteiger partial charge in [0.25, 0.3) is 0 Å². The molecule has 1 aromatic carbocycles. The summed E-state index contributed by atoms with van der Waals surface area (Å²) in [6, 6.07) is 8.05. The fraction of sp³-hybridized carbons (Fsp3) is 0.462. The van der Waals surface area contributed by atoms with Gasteiger partial charge in [0, 0.05) is 0 Å². The van der Waals surface area contributed by atoms with Gasteiger partial charge in [-0.25, -0.2) is 0 Å². The molecule has 1 fully saturated rings. The summed E-state index contributed by atoms with van der Waals surface area (Å²) in [4.78, 5) is 0. The van der Waals surface area contributed by atoms with Gasteiger partial charge in [0.15, 0.2) is 0 Å². The smallest absolute Gasteiger partial charge is 0.121 e. The number of benzene rings is 1. The van der Waals surface area contributed by atoms with E-state index in [1.165, 1.54) is 0 Å². The van der Waals surface area contributed by atoms with Crippen molar-refractivity contribution in [2.45, 2.75) is 38.7 Å². The van der Waals surface area contributed by atoms with E-state index in [1.54, 1.807) is 0 Å². The largest absolute Gasteiger partial charge is 0.490 e. The minimum atomic E-state index is 0.384. The van der Waals surface area contributed by atoms with Crippen LogP contribution in [0.3, 0.4) is 0 Å². The molecule has 0 aromatic heterocycles. The van der Waals surface area contributed by atoms with Gasteiger partial charge >= 0.3 is 0 Å². The Bertz CT molecular complexity index is 399. The minimum absolute atomic E-state index is 0.384. The summed E-state index contributed by atoms with van der Waals surface area (Å²) in [5.41, 5.74) is 1.84. The maximum Gasteiger partial charge on any atom is 0.121 e. The molecule has 0 N–H and O–H groups in total. The molecule has 2 heteroatoms. The van der Waals surface area contributed by atoms with Gasteiger partial charge in [-0.2, -0.15) is 5.26 Å². The molecule has 2 rings (SSSR count). The van der Waals surface area contributed by atoms with E-state index in [0.29, 0.717) is 12.0 Å². The van der Waals surface area contributed by atoms with Crippen LogP contribution in [-0.4, -0.2) is 6.10 Å². The second-order valence-electron chi connectivity index (χ2n) is 4.33. The number of rotatable bonds is 3. The van der Waals surface area contributed by atoms with Crippen LogP contribution >= 0.6 is 0 Å². The van der Waals surface area contributed by atoms with Crippen LogP contribution in [0.4, 0.5) is 0 Å². The fourth-order valence-corrected chi connectivity index (χ4v) is 1.59. The third kappa shape index (κ3) is 2.30. The standard InChI is InChI=1S/C13H15NO/c1-9(2)13-6-5-12(7-10(13)8-14)15-11-3-4-11/h5-7,9,11H,3-4H2,1-2H3. The molecule has 1 aliphatic carbocycles. The first-order valence-corrected chi connectivity index (χ1v) is 5.41. The molecule has 1 aromatic rings. The van der Waals surface area contributed by atoms with Crippen LogP contribution in [0.5, 0.6) is 5.75 Å². The van der Waals surface area contributed by atoms with E-state index in [9.17, 15) is 0 Å². The third-order valence-electron chi connectivity index (χ3n) is 2.59. The van der Waals surface area contributed by atoms with Gasteiger partial charge in [0.1, 0.15) is 5.75 Å². The predicted octanol–water partition coefficient (Wildman–Crippen LogP) is 3.22. The molecule has 0 aliphatic heterocycles. The first-order chi connectivity index (χ1) is 7.20. The number of hydrogen-bond donors (Lipinski definition) is 0. The van der Waals surface area contributed by atoms with Crippen molar-refractivity contribution in [2.24, 2.45) is 0 Å². The van der Waals surface area contributed by atoms with Crippen molar-refractivity contribution in [1.29, 1.82) is 5.26 Å². The summed E-state index contributed by atoms with van der Waals surface area (Å²) >= 11 is 0. The van der Waals surface area contributed by atoms with Crippen LogP contribution in [0.25, 0.3) is 0 Å². The van der Waals surface area contributed by atoms with Crippen LogP contribution in [0.15, 0.2) is 18.2 Å². The summed E-state index contributed by atoms with van der Waals surface area (Å²) in [6.07, 6.45) is 2.68. The molecule has 0 atom stereocenters. The zero-order chi connectivity index (χ0) is 10.8. The Morgan fingerprint density at radius 1 is 1.40 bits per heavy atom. The van der Waals surface area contributed by atoms with Crippen molar-refractivity contribution in [3.63, 3.8) is 0 Å². The molecule has 0 unspecified atom stereocenters. The summed E-state index contributed by atoms with van der Waals surface area (Å²) in [5, 5.41) is 9.04. The lowest BCUT2D eigenvalue weighted by Gasteiger charge is -2.10. The lowest BCUT2D eigenvalue weighted by atomic mass is 9.98. The van der Waals surface area contributed by atoms with Gasteiger partial charge in [-0.05, 0) is 36.5 Å². The number of nitriles is 1. The van der Waals surface area contributed by atoms with E-state index in [4.69, 9.17) is 10.00 Å². The summed E-state index contributed by atoms with van der Waals surface area (Å²) in [6.45, 7) is 4.19. The van der Waals surface area contributed by atoms with E-state index in [2.05, 4.69) is 19.9 Å². The monoisotopic (exact) mass is 201 g/mol. The Morgan fingerprint density at radius 2 is 2.13 bits per heavy atom. The first kappa shape index (κ1) is 10.0. The van der Waals surface area contributed by atoms with Crippen molar-refractivity contribution in [2.75, 3.05) is 0 Å². The SMILES string of the molecule is CC(C)c1ccc(OC2CC2)cc1C#N. The first-order valence-electron chi connectivity index (χ1n) is 5.41. The Balaban J connectivity index is 2.25. The van der Waals surface area contributed by atoms with E-state index in [-0.39, 0.29) is 0 Å². The zero-order valence-electron chi connectivity index (χ0n) is 9.16. The van der Waals surface area contributed by atoms with Crippen molar-refractivity contribution in [3.8, 4) is 11.8 Å². The van der Waals surface area contributed by atoms with Gasteiger partial charge in [0.05, 0.1) is 17.7 Å².